The number of aryl methyl sites for hydroxylation is 1. The van der Waals surface area contributed by atoms with Crippen molar-refractivity contribution < 1.29 is 9.90 Å². The van der Waals surface area contributed by atoms with E-state index in [1.165, 1.54) is 11.8 Å². The minimum atomic E-state index is -0.915. The molecule has 0 saturated heterocycles. The molecule has 0 unspecified atom stereocenters. The zero-order valence-corrected chi connectivity index (χ0v) is 10.8. The molecule has 0 aliphatic heterocycles. The lowest BCUT2D eigenvalue weighted by atomic mass is 10.2. The molecular formula is C14H13NO2S. The summed E-state index contributed by atoms with van der Waals surface area (Å²) in [6, 6.07) is 13.0. The highest BCUT2D eigenvalue weighted by Crippen LogP contribution is 2.26. The number of rotatable bonds is 4. The molecule has 1 aromatic heterocycles. The van der Waals surface area contributed by atoms with Crippen LogP contribution in [0.3, 0.4) is 0 Å². The molecule has 0 radical (unpaired) electrons. The van der Waals surface area contributed by atoms with E-state index in [1.54, 1.807) is 12.1 Å². The summed E-state index contributed by atoms with van der Waals surface area (Å²) in [5.41, 5.74) is 1.09. The van der Waals surface area contributed by atoms with Crippen LogP contribution in [0.15, 0.2) is 52.4 Å². The predicted octanol–water partition coefficient (Wildman–Crippen LogP) is 3.49. The zero-order valence-electron chi connectivity index (χ0n) is 9.96. The maximum atomic E-state index is 11.0. The fourth-order valence-electron chi connectivity index (χ4n) is 1.53. The summed E-state index contributed by atoms with van der Waals surface area (Å²) >= 11 is 1.47. The predicted molar refractivity (Wildman–Crippen MR) is 71.1 cm³/mol. The van der Waals surface area contributed by atoms with Crippen molar-refractivity contribution in [3.8, 4) is 0 Å². The third-order valence-corrected chi connectivity index (χ3v) is 3.36. The molecule has 4 heteroatoms. The summed E-state index contributed by atoms with van der Waals surface area (Å²) in [5.74, 6) is -0.915. The Bertz CT molecular complexity index is 555. The summed E-state index contributed by atoms with van der Waals surface area (Å²) in [7, 11) is 0. The van der Waals surface area contributed by atoms with Gasteiger partial charge in [-0.2, -0.15) is 0 Å². The normalized spacial score (nSPS) is 10.3. The average Bonchev–Trinajstić information content (AvgIpc) is 2.39. The first-order chi connectivity index (χ1) is 8.69. The van der Waals surface area contributed by atoms with Gasteiger partial charge in [0.25, 0.3) is 0 Å². The van der Waals surface area contributed by atoms with Crippen LogP contribution in [0.1, 0.15) is 23.0 Å². The minimum Gasteiger partial charge on any atom is -0.478 e. The van der Waals surface area contributed by atoms with Crippen LogP contribution in [0, 0.1) is 0 Å². The molecule has 1 aromatic carbocycles. The number of aromatic carboxylic acids is 1. The number of pyridine rings is 1. The van der Waals surface area contributed by atoms with Crippen molar-refractivity contribution >= 4 is 17.7 Å². The van der Waals surface area contributed by atoms with Crippen LogP contribution in [-0.4, -0.2) is 16.1 Å². The first-order valence-electron chi connectivity index (χ1n) is 5.66. The van der Waals surface area contributed by atoms with Gasteiger partial charge in [0.15, 0.2) is 0 Å². The van der Waals surface area contributed by atoms with Gasteiger partial charge in [0, 0.05) is 10.6 Å². The monoisotopic (exact) mass is 259 g/mol. The highest BCUT2D eigenvalue weighted by Gasteiger charge is 2.08. The summed E-state index contributed by atoms with van der Waals surface area (Å²) in [5, 5.41) is 9.78. The van der Waals surface area contributed by atoms with Gasteiger partial charge in [-0.25, -0.2) is 9.78 Å². The second-order valence-corrected chi connectivity index (χ2v) is 4.85. The molecule has 0 amide bonds. The van der Waals surface area contributed by atoms with Gasteiger partial charge in [-0.05, 0) is 30.7 Å². The van der Waals surface area contributed by atoms with E-state index in [-0.39, 0.29) is 0 Å². The highest BCUT2D eigenvalue weighted by atomic mass is 32.2. The van der Waals surface area contributed by atoms with Gasteiger partial charge in [-0.1, -0.05) is 36.9 Å². The lowest BCUT2D eigenvalue weighted by Crippen LogP contribution is -2.00. The number of carboxylic acid groups (broad SMARTS) is 1. The van der Waals surface area contributed by atoms with Crippen molar-refractivity contribution in [2.45, 2.75) is 23.3 Å². The molecule has 1 N–H and O–H groups in total. The summed E-state index contributed by atoms with van der Waals surface area (Å²) in [4.78, 5) is 16.5. The molecule has 2 aromatic rings. The maximum Gasteiger partial charge on any atom is 0.335 e. The molecule has 3 nitrogen and oxygen atoms in total. The fraction of sp³-hybridized carbons (Fsp3) is 0.143. The topological polar surface area (TPSA) is 50.2 Å². The quantitative estimate of drug-likeness (QED) is 0.913. The van der Waals surface area contributed by atoms with Crippen LogP contribution >= 0.6 is 11.8 Å². The second kappa shape index (κ2) is 5.69. The van der Waals surface area contributed by atoms with Gasteiger partial charge in [0.2, 0.25) is 0 Å². The van der Waals surface area contributed by atoms with Crippen LogP contribution in [0.4, 0.5) is 0 Å². The number of benzene rings is 1. The summed E-state index contributed by atoms with van der Waals surface area (Å²) in [6.07, 6.45) is 0.726. The minimum absolute atomic E-state index is 0.292. The Morgan fingerprint density at radius 1 is 1.28 bits per heavy atom. The average molecular weight is 259 g/mol. The number of carbonyl (C=O) groups is 1. The lowest BCUT2D eigenvalue weighted by molar-refractivity contribution is 0.0696. The van der Waals surface area contributed by atoms with Gasteiger partial charge in [-0.3, -0.25) is 0 Å². The van der Waals surface area contributed by atoms with Crippen LogP contribution < -0.4 is 0 Å². The molecule has 1 heterocycles. The van der Waals surface area contributed by atoms with Crippen molar-refractivity contribution in [1.82, 2.24) is 4.98 Å². The van der Waals surface area contributed by atoms with E-state index in [4.69, 9.17) is 5.11 Å². The van der Waals surface area contributed by atoms with Crippen LogP contribution in [0.5, 0.6) is 0 Å². The van der Waals surface area contributed by atoms with Crippen LogP contribution in [0.25, 0.3) is 0 Å². The molecule has 0 fully saturated rings. The Morgan fingerprint density at radius 3 is 2.61 bits per heavy atom. The first kappa shape index (κ1) is 12.6. The van der Waals surface area contributed by atoms with Gasteiger partial charge >= 0.3 is 5.97 Å². The third kappa shape index (κ3) is 3.11. The van der Waals surface area contributed by atoms with E-state index in [0.29, 0.717) is 5.56 Å². The molecule has 0 bridgehead atoms. The molecule has 0 aliphatic carbocycles. The van der Waals surface area contributed by atoms with Gasteiger partial charge in [0.1, 0.15) is 5.03 Å². The van der Waals surface area contributed by atoms with Gasteiger partial charge in [0.05, 0.1) is 5.56 Å². The van der Waals surface area contributed by atoms with E-state index in [9.17, 15) is 4.79 Å². The zero-order chi connectivity index (χ0) is 13.0. The third-order valence-electron chi connectivity index (χ3n) is 2.43. The SMILES string of the molecule is CCc1cc(C(=O)O)cc(Sc2ccccc2)n1. The Kier molecular flexibility index (Phi) is 3.99. The van der Waals surface area contributed by atoms with Crippen molar-refractivity contribution in [2.24, 2.45) is 0 Å². The van der Waals surface area contributed by atoms with Crippen LogP contribution in [0.2, 0.25) is 0 Å². The molecular weight excluding hydrogens is 246 g/mol. The van der Waals surface area contributed by atoms with Crippen molar-refractivity contribution in [1.29, 1.82) is 0 Å². The van der Waals surface area contributed by atoms with Crippen molar-refractivity contribution in [3.05, 3.63) is 53.7 Å². The van der Waals surface area contributed by atoms with Crippen LogP contribution in [-0.2, 0) is 6.42 Å². The highest BCUT2D eigenvalue weighted by molar-refractivity contribution is 7.99. The largest absolute Gasteiger partial charge is 0.478 e. The van der Waals surface area contributed by atoms with Crippen molar-refractivity contribution in [3.63, 3.8) is 0 Å². The molecule has 0 spiro atoms. The Balaban J connectivity index is 2.32. The summed E-state index contributed by atoms with van der Waals surface area (Å²) < 4.78 is 0. The van der Waals surface area contributed by atoms with E-state index >= 15 is 0 Å². The molecule has 92 valence electrons. The van der Waals surface area contributed by atoms with Gasteiger partial charge in [-0.15, -0.1) is 0 Å². The molecule has 0 atom stereocenters. The number of hydrogen-bond donors (Lipinski definition) is 1. The molecule has 2 rings (SSSR count). The maximum absolute atomic E-state index is 11.0. The summed E-state index contributed by atoms with van der Waals surface area (Å²) in [6.45, 7) is 1.96. The Morgan fingerprint density at radius 2 is 2.00 bits per heavy atom. The molecule has 0 aliphatic rings. The number of hydrogen-bond acceptors (Lipinski definition) is 3. The van der Waals surface area contributed by atoms with E-state index in [1.807, 2.05) is 37.3 Å². The smallest absolute Gasteiger partial charge is 0.335 e. The van der Waals surface area contributed by atoms with Gasteiger partial charge < -0.3 is 5.11 Å². The van der Waals surface area contributed by atoms with E-state index in [2.05, 4.69) is 4.98 Å². The number of carboxylic acids is 1. The number of aromatic nitrogens is 1. The Hall–Kier alpha value is -1.81. The first-order valence-corrected chi connectivity index (χ1v) is 6.48. The molecule has 0 saturated carbocycles. The lowest BCUT2D eigenvalue weighted by Gasteiger charge is -2.05. The van der Waals surface area contributed by atoms with E-state index < -0.39 is 5.97 Å². The van der Waals surface area contributed by atoms with Crippen molar-refractivity contribution in [2.75, 3.05) is 0 Å². The van der Waals surface area contributed by atoms with E-state index in [0.717, 1.165) is 22.0 Å². The molecule has 18 heavy (non-hydrogen) atoms. The number of nitrogens with zero attached hydrogens (tertiary/aromatic N) is 1. The fourth-order valence-corrected chi connectivity index (χ4v) is 2.41. The second-order valence-electron chi connectivity index (χ2n) is 3.76. The Labute approximate surface area is 110 Å². The standard InChI is InChI=1S/C14H13NO2S/c1-2-11-8-10(14(16)17)9-13(15-11)18-12-6-4-3-5-7-12/h3-9H,2H2,1H3,(H,16,17).